The summed E-state index contributed by atoms with van der Waals surface area (Å²) in [6, 6.07) is 5.64. The van der Waals surface area contributed by atoms with E-state index in [4.69, 9.17) is 14.2 Å². The molecule has 0 spiro atoms. The van der Waals surface area contributed by atoms with Crippen LogP contribution in [0.5, 0.6) is 17.2 Å². The predicted octanol–water partition coefficient (Wildman–Crippen LogP) is 2.80. The van der Waals surface area contributed by atoms with Crippen molar-refractivity contribution < 1.29 is 32.2 Å². The highest BCUT2D eigenvalue weighted by atomic mass is 32.2. The fourth-order valence-corrected chi connectivity index (χ4v) is 5.43. The molecule has 0 amide bonds. The summed E-state index contributed by atoms with van der Waals surface area (Å²) in [5.74, 6) is 0.541. The van der Waals surface area contributed by atoms with Gasteiger partial charge in [-0.05, 0) is 24.1 Å². The number of methoxy groups -OCH3 is 4. The summed E-state index contributed by atoms with van der Waals surface area (Å²) >= 11 is 0.866. The van der Waals surface area contributed by atoms with Gasteiger partial charge >= 0.3 is 5.97 Å². The van der Waals surface area contributed by atoms with E-state index < -0.39 is 16.0 Å². The molecule has 3 aromatic rings. The molecular weight excluding hydrogens is 458 g/mol. The number of nitrogens with zero attached hydrogens (tertiary/aromatic N) is 2. The number of sulfonamides is 1. The molecule has 0 fully saturated rings. The van der Waals surface area contributed by atoms with Gasteiger partial charge in [0.25, 0.3) is 10.0 Å². The lowest BCUT2D eigenvalue weighted by molar-refractivity contribution is 0.0597. The van der Waals surface area contributed by atoms with Gasteiger partial charge in [-0.15, -0.1) is 11.3 Å². The third kappa shape index (κ3) is 4.97. The van der Waals surface area contributed by atoms with Gasteiger partial charge in [0.15, 0.2) is 21.5 Å². The number of carbonyl (C=O) groups excluding carboxylic acids is 1. The van der Waals surface area contributed by atoms with E-state index in [1.54, 1.807) is 25.1 Å². The Kier molecular flexibility index (Phi) is 7.26. The fourth-order valence-electron chi connectivity index (χ4n) is 2.98. The van der Waals surface area contributed by atoms with E-state index in [1.165, 1.54) is 25.8 Å². The van der Waals surface area contributed by atoms with Crippen LogP contribution < -0.4 is 18.9 Å². The zero-order valence-electron chi connectivity index (χ0n) is 17.9. The molecule has 2 heterocycles. The molecule has 1 aromatic carbocycles. The van der Waals surface area contributed by atoms with Crippen LogP contribution in [0.25, 0.3) is 0 Å². The first kappa shape index (κ1) is 23.4. The largest absolute Gasteiger partial charge is 0.493 e. The minimum absolute atomic E-state index is 0.0472. The molecule has 0 aliphatic rings. The monoisotopic (exact) mass is 481 g/mol. The van der Waals surface area contributed by atoms with Gasteiger partial charge in [0.2, 0.25) is 0 Å². The number of thiophene rings is 1. The summed E-state index contributed by atoms with van der Waals surface area (Å²) in [6.45, 7) is 0.520. The maximum absolute atomic E-state index is 12.8. The predicted molar refractivity (Wildman–Crippen MR) is 118 cm³/mol. The van der Waals surface area contributed by atoms with Crippen molar-refractivity contribution in [2.24, 2.45) is 0 Å². The Balaban J connectivity index is 1.71. The molecular formula is C20H23N3O7S2. The van der Waals surface area contributed by atoms with E-state index in [-0.39, 0.29) is 21.2 Å². The van der Waals surface area contributed by atoms with Gasteiger partial charge in [-0.3, -0.25) is 9.40 Å². The van der Waals surface area contributed by atoms with Crippen LogP contribution in [-0.4, -0.2) is 52.6 Å². The zero-order valence-corrected chi connectivity index (χ0v) is 19.6. The standard InChI is InChI=1S/C20H23N3O7S2/c1-27-16-6-5-13(9-17(16)28-2)7-8-23-11-14(10-21-23)22-32(25,26)20-18(29-3)15(12-31-20)19(24)30-4/h5-6,9-12,22H,7-8H2,1-4H3. The number of aryl methyl sites for hydroxylation is 2. The summed E-state index contributed by atoms with van der Waals surface area (Å²) in [5.41, 5.74) is 1.34. The van der Waals surface area contributed by atoms with Crippen LogP contribution in [0.1, 0.15) is 15.9 Å². The Bertz CT molecular complexity index is 1200. The number of aromatic nitrogens is 2. The second-order valence-electron chi connectivity index (χ2n) is 6.50. The quantitative estimate of drug-likeness (QED) is 0.439. The summed E-state index contributed by atoms with van der Waals surface area (Å²) in [5, 5.41) is 5.59. The van der Waals surface area contributed by atoms with Crippen LogP contribution >= 0.6 is 11.3 Å². The minimum atomic E-state index is -4.00. The molecule has 3 rings (SSSR count). The van der Waals surface area contributed by atoms with Crippen molar-refractivity contribution in [2.75, 3.05) is 33.2 Å². The molecule has 0 unspecified atom stereocenters. The Labute approximate surface area is 189 Å². The summed E-state index contributed by atoms with van der Waals surface area (Å²) < 4.78 is 50.0. The highest BCUT2D eigenvalue weighted by molar-refractivity contribution is 7.94. The number of hydrogen-bond acceptors (Lipinski definition) is 9. The Morgan fingerprint density at radius 2 is 1.88 bits per heavy atom. The van der Waals surface area contributed by atoms with E-state index in [1.807, 2.05) is 18.2 Å². The van der Waals surface area contributed by atoms with Crippen molar-refractivity contribution in [3.05, 3.63) is 47.1 Å². The average Bonchev–Trinajstić information content (AvgIpc) is 3.43. The van der Waals surface area contributed by atoms with Gasteiger partial charge in [0.1, 0.15) is 5.56 Å². The lowest BCUT2D eigenvalue weighted by Gasteiger charge is -2.09. The van der Waals surface area contributed by atoms with Crippen molar-refractivity contribution >= 4 is 33.0 Å². The number of hydrogen-bond donors (Lipinski definition) is 1. The van der Waals surface area contributed by atoms with Gasteiger partial charge in [0, 0.05) is 18.1 Å². The normalized spacial score (nSPS) is 11.1. The van der Waals surface area contributed by atoms with E-state index in [2.05, 4.69) is 14.6 Å². The van der Waals surface area contributed by atoms with Crippen molar-refractivity contribution in [2.45, 2.75) is 17.2 Å². The van der Waals surface area contributed by atoms with Crippen molar-refractivity contribution in [1.82, 2.24) is 9.78 Å². The third-order valence-corrected chi connectivity index (χ3v) is 7.41. The maximum Gasteiger partial charge on any atom is 0.342 e. The molecule has 0 bridgehead atoms. The Morgan fingerprint density at radius 1 is 1.12 bits per heavy atom. The molecule has 172 valence electrons. The number of anilines is 1. The van der Waals surface area contributed by atoms with Gasteiger partial charge < -0.3 is 18.9 Å². The lowest BCUT2D eigenvalue weighted by atomic mass is 10.1. The topological polar surface area (TPSA) is 118 Å². The van der Waals surface area contributed by atoms with Crippen molar-refractivity contribution in [3.8, 4) is 17.2 Å². The molecule has 12 heteroatoms. The van der Waals surface area contributed by atoms with E-state index in [0.717, 1.165) is 16.9 Å². The van der Waals surface area contributed by atoms with Gasteiger partial charge in [0.05, 0.1) is 40.3 Å². The average molecular weight is 482 g/mol. The SMILES string of the molecule is COC(=O)c1csc(S(=O)(=O)Nc2cnn(CCc3ccc(OC)c(OC)c3)c2)c1OC. The highest BCUT2D eigenvalue weighted by Gasteiger charge is 2.28. The first-order valence-corrected chi connectivity index (χ1v) is 11.7. The lowest BCUT2D eigenvalue weighted by Crippen LogP contribution is -2.13. The molecule has 32 heavy (non-hydrogen) atoms. The fraction of sp³-hybridized carbons (Fsp3) is 0.300. The molecule has 0 saturated carbocycles. The smallest absolute Gasteiger partial charge is 0.342 e. The number of carbonyl (C=O) groups is 1. The Hall–Kier alpha value is -3.25. The number of rotatable bonds is 10. The highest BCUT2D eigenvalue weighted by Crippen LogP contribution is 2.36. The second kappa shape index (κ2) is 9.92. The van der Waals surface area contributed by atoms with Crippen LogP contribution in [0.2, 0.25) is 0 Å². The summed E-state index contributed by atoms with van der Waals surface area (Å²) in [4.78, 5) is 11.8. The van der Waals surface area contributed by atoms with Gasteiger partial charge in [-0.1, -0.05) is 6.07 Å². The third-order valence-electron chi connectivity index (χ3n) is 4.53. The minimum Gasteiger partial charge on any atom is -0.493 e. The second-order valence-corrected chi connectivity index (χ2v) is 9.26. The molecule has 0 atom stereocenters. The van der Waals surface area contributed by atoms with Crippen LogP contribution in [-0.2, 0) is 27.7 Å². The molecule has 10 nitrogen and oxygen atoms in total. The first-order chi connectivity index (χ1) is 15.3. The van der Waals surface area contributed by atoms with E-state index in [9.17, 15) is 13.2 Å². The number of nitrogens with one attached hydrogen (secondary N) is 1. The first-order valence-electron chi connectivity index (χ1n) is 9.33. The van der Waals surface area contributed by atoms with Gasteiger partial charge in [-0.2, -0.15) is 5.10 Å². The summed E-state index contributed by atoms with van der Waals surface area (Å²) in [6.07, 6.45) is 3.64. The molecule has 1 N–H and O–H groups in total. The zero-order chi connectivity index (χ0) is 23.3. The molecule has 0 radical (unpaired) electrons. The van der Waals surface area contributed by atoms with E-state index >= 15 is 0 Å². The van der Waals surface area contributed by atoms with Crippen LogP contribution in [0, 0.1) is 0 Å². The number of ether oxygens (including phenoxy) is 4. The van der Waals surface area contributed by atoms with Crippen LogP contribution in [0.15, 0.2) is 40.2 Å². The Morgan fingerprint density at radius 3 is 2.53 bits per heavy atom. The molecule has 0 saturated heterocycles. The number of benzene rings is 1. The summed E-state index contributed by atoms with van der Waals surface area (Å²) in [7, 11) is 1.66. The maximum atomic E-state index is 12.8. The number of esters is 1. The molecule has 0 aliphatic carbocycles. The van der Waals surface area contributed by atoms with Crippen molar-refractivity contribution in [3.63, 3.8) is 0 Å². The van der Waals surface area contributed by atoms with Crippen LogP contribution in [0.4, 0.5) is 5.69 Å². The molecule has 0 aliphatic heterocycles. The molecule has 2 aromatic heterocycles. The van der Waals surface area contributed by atoms with Gasteiger partial charge in [-0.25, -0.2) is 13.2 Å². The van der Waals surface area contributed by atoms with E-state index in [0.29, 0.717) is 24.5 Å². The van der Waals surface area contributed by atoms with Crippen molar-refractivity contribution in [1.29, 1.82) is 0 Å². The van der Waals surface area contributed by atoms with Crippen LogP contribution in [0.3, 0.4) is 0 Å².